The second-order valence-corrected chi connectivity index (χ2v) is 6.01. The molecule has 1 amide bonds. The number of nitrogens with one attached hydrogen (secondary N) is 1. The lowest BCUT2D eigenvalue weighted by molar-refractivity contribution is 0.102. The van der Waals surface area contributed by atoms with Gasteiger partial charge >= 0.3 is 0 Å². The zero-order chi connectivity index (χ0) is 15.5. The first-order chi connectivity index (χ1) is 10.6. The van der Waals surface area contributed by atoms with Gasteiger partial charge in [0.05, 0.1) is 0 Å². The molecule has 0 radical (unpaired) electrons. The highest BCUT2D eigenvalue weighted by Crippen LogP contribution is 2.19. The maximum Gasteiger partial charge on any atom is 0.274 e. The van der Waals surface area contributed by atoms with Gasteiger partial charge in [-0.3, -0.25) is 9.36 Å². The first-order valence-corrected chi connectivity index (χ1v) is 7.74. The van der Waals surface area contributed by atoms with Crippen LogP contribution in [0.1, 0.15) is 16.1 Å². The molecule has 2 heterocycles. The van der Waals surface area contributed by atoms with Crippen molar-refractivity contribution in [2.45, 2.75) is 6.92 Å². The number of hydrogen-bond acceptors (Lipinski definition) is 3. The number of imidazole rings is 1. The van der Waals surface area contributed by atoms with Gasteiger partial charge in [-0.05, 0) is 59.3 Å². The molecule has 0 saturated carbocycles. The highest BCUT2D eigenvalue weighted by Gasteiger charge is 2.10. The van der Waals surface area contributed by atoms with Gasteiger partial charge in [-0.15, -0.1) is 0 Å². The molecule has 0 unspecified atom stereocenters. The predicted octanol–water partition coefficient (Wildman–Crippen LogP) is 3.43. The Kier molecular flexibility index (Phi) is 4.19. The molecule has 0 spiro atoms. The zero-order valence-corrected chi connectivity index (χ0v) is 14.0. The molecule has 3 aromatic rings. The molecule has 1 aromatic carbocycles. The van der Waals surface area contributed by atoms with Gasteiger partial charge < -0.3 is 5.32 Å². The Morgan fingerprint density at radius 1 is 1.27 bits per heavy atom. The average molecular weight is 404 g/mol. The molecule has 0 saturated heterocycles. The number of aromatic nitrogens is 3. The third-order valence-electron chi connectivity index (χ3n) is 3.18. The molecule has 110 valence electrons. The molecule has 6 heteroatoms. The van der Waals surface area contributed by atoms with E-state index in [0.717, 1.165) is 14.8 Å². The fraction of sp³-hybridized carbons (Fsp3) is 0.0625. The molecule has 0 aliphatic heterocycles. The number of halogens is 1. The van der Waals surface area contributed by atoms with Crippen molar-refractivity contribution in [3.8, 4) is 5.82 Å². The lowest BCUT2D eigenvalue weighted by atomic mass is 10.2. The summed E-state index contributed by atoms with van der Waals surface area (Å²) >= 11 is 2.22. The molecule has 1 N–H and O–H groups in total. The normalized spacial score (nSPS) is 10.5. The Bertz CT molecular complexity index is 815. The number of rotatable bonds is 3. The fourth-order valence-electron chi connectivity index (χ4n) is 2.00. The Hall–Kier alpha value is -2.22. The average Bonchev–Trinajstić information content (AvgIpc) is 3.05. The maximum atomic E-state index is 12.4. The van der Waals surface area contributed by atoms with Crippen LogP contribution in [0.25, 0.3) is 5.82 Å². The van der Waals surface area contributed by atoms with Gasteiger partial charge in [-0.2, -0.15) is 0 Å². The highest BCUT2D eigenvalue weighted by atomic mass is 127. The van der Waals surface area contributed by atoms with Crippen LogP contribution >= 0.6 is 22.6 Å². The van der Waals surface area contributed by atoms with Crippen molar-refractivity contribution in [1.29, 1.82) is 0 Å². The van der Waals surface area contributed by atoms with E-state index in [2.05, 4.69) is 37.9 Å². The molecule has 0 bridgehead atoms. The number of anilines is 1. The van der Waals surface area contributed by atoms with Crippen LogP contribution in [0.4, 0.5) is 5.69 Å². The summed E-state index contributed by atoms with van der Waals surface area (Å²) in [7, 11) is 0. The molecule has 5 nitrogen and oxygen atoms in total. The summed E-state index contributed by atoms with van der Waals surface area (Å²) in [4.78, 5) is 20.8. The van der Waals surface area contributed by atoms with Crippen molar-refractivity contribution in [2.24, 2.45) is 0 Å². The third kappa shape index (κ3) is 3.16. The molecule has 0 fully saturated rings. The van der Waals surface area contributed by atoms with Gasteiger partial charge in [0.2, 0.25) is 0 Å². The van der Waals surface area contributed by atoms with Gasteiger partial charge in [0.1, 0.15) is 17.8 Å². The predicted molar refractivity (Wildman–Crippen MR) is 93.2 cm³/mol. The first-order valence-electron chi connectivity index (χ1n) is 6.66. The van der Waals surface area contributed by atoms with Crippen molar-refractivity contribution in [2.75, 3.05) is 5.32 Å². The molecule has 3 rings (SSSR count). The number of aryl methyl sites for hydroxylation is 1. The lowest BCUT2D eigenvalue weighted by Gasteiger charge is -2.09. The smallest absolute Gasteiger partial charge is 0.274 e. The van der Waals surface area contributed by atoms with Crippen LogP contribution < -0.4 is 5.32 Å². The Morgan fingerprint density at radius 2 is 2.14 bits per heavy atom. The van der Waals surface area contributed by atoms with E-state index in [-0.39, 0.29) is 5.91 Å². The van der Waals surface area contributed by atoms with Gasteiger partial charge in [0.15, 0.2) is 0 Å². The summed E-state index contributed by atoms with van der Waals surface area (Å²) in [6.07, 6.45) is 5.10. The quantitative estimate of drug-likeness (QED) is 0.681. The summed E-state index contributed by atoms with van der Waals surface area (Å²) in [5, 5.41) is 2.91. The van der Waals surface area contributed by atoms with E-state index in [1.165, 1.54) is 0 Å². The van der Waals surface area contributed by atoms with Crippen LogP contribution in [0.2, 0.25) is 0 Å². The van der Waals surface area contributed by atoms with E-state index in [1.807, 2.05) is 31.2 Å². The third-order valence-corrected chi connectivity index (χ3v) is 3.85. The minimum absolute atomic E-state index is 0.230. The van der Waals surface area contributed by atoms with Crippen molar-refractivity contribution < 1.29 is 4.79 Å². The highest BCUT2D eigenvalue weighted by molar-refractivity contribution is 14.1. The molecule has 0 aliphatic carbocycles. The molecule has 0 aliphatic rings. The van der Waals surface area contributed by atoms with Crippen LogP contribution in [-0.2, 0) is 0 Å². The van der Waals surface area contributed by atoms with Gasteiger partial charge in [-0.25, -0.2) is 9.97 Å². The minimum atomic E-state index is -0.230. The van der Waals surface area contributed by atoms with Gasteiger partial charge in [0.25, 0.3) is 5.91 Å². The van der Waals surface area contributed by atoms with Crippen molar-refractivity contribution in [3.63, 3.8) is 0 Å². The zero-order valence-electron chi connectivity index (χ0n) is 11.8. The number of benzene rings is 1. The minimum Gasteiger partial charge on any atom is -0.320 e. The topological polar surface area (TPSA) is 59.8 Å². The van der Waals surface area contributed by atoms with Crippen LogP contribution in [0.5, 0.6) is 0 Å². The summed E-state index contributed by atoms with van der Waals surface area (Å²) in [6, 6.07) is 11.2. The maximum absolute atomic E-state index is 12.4. The number of carbonyl (C=O) groups is 1. The summed E-state index contributed by atoms with van der Waals surface area (Å²) in [5.74, 6) is 0.427. The van der Waals surface area contributed by atoms with Crippen LogP contribution in [0.3, 0.4) is 0 Å². The van der Waals surface area contributed by atoms with Crippen molar-refractivity contribution in [1.82, 2.24) is 14.5 Å². The van der Waals surface area contributed by atoms with E-state index in [9.17, 15) is 4.79 Å². The summed E-state index contributed by atoms with van der Waals surface area (Å²) in [5.41, 5.74) is 2.18. The van der Waals surface area contributed by atoms with Gasteiger partial charge in [0, 0.05) is 21.7 Å². The number of amides is 1. The fourth-order valence-corrected chi connectivity index (χ4v) is 2.49. The number of carbonyl (C=O) groups excluding carboxylic acids is 1. The monoisotopic (exact) mass is 404 g/mol. The Balaban J connectivity index is 1.86. The van der Waals surface area contributed by atoms with Crippen LogP contribution in [0, 0.1) is 10.5 Å². The molecule has 0 atom stereocenters. The van der Waals surface area contributed by atoms with Crippen molar-refractivity contribution in [3.05, 3.63) is 69.9 Å². The van der Waals surface area contributed by atoms with E-state index >= 15 is 0 Å². The summed E-state index contributed by atoms with van der Waals surface area (Å²) in [6.45, 7) is 1.96. The van der Waals surface area contributed by atoms with Crippen LogP contribution in [0.15, 0.2) is 55.1 Å². The second-order valence-electron chi connectivity index (χ2n) is 4.76. The molecular formula is C16H13IN4O. The Labute approximate surface area is 141 Å². The Morgan fingerprint density at radius 3 is 2.91 bits per heavy atom. The standard InChI is InChI=1S/C16H13IN4O/c1-11-5-6-12(17)9-14(11)20-16(22)13-3-2-4-15(19-13)21-8-7-18-10-21/h2-10H,1H3,(H,20,22). The van der Waals surface area contributed by atoms with E-state index in [0.29, 0.717) is 11.5 Å². The largest absolute Gasteiger partial charge is 0.320 e. The SMILES string of the molecule is Cc1ccc(I)cc1NC(=O)c1cccc(-n2ccnc2)n1. The second kappa shape index (κ2) is 6.27. The number of nitrogens with zero attached hydrogens (tertiary/aromatic N) is 3. The van der Waals surface area contributed by atoms with Crippen LogP contribution in [-0.4, -0.2) is 20.4 Å². The van der Waals surface area contributed by atoms with E-state index in [1.54, 1.807) is 35.4 Å². The molecular weight excluding hydrogens is 391 g/mol. The van der Waals surface area contributed by atoms with Gasteiger partial charge in [-0.1, -0.05) is 12.1 Å². The number of hydrogen-bond donors (Lipinski definition) is 1. The number of pyridine rings is 1. The lowest BCUT2D eigenvalue weighted by Crippen LogP contribution is -2.15. The molecule has 2 aromatic heterocycles. The van der Waals surface area contributed by atoms with Crippen molar-refractivity contribution >= 4 is 34.2 Å². The van der Waals surface area contributed by atoms with E-state index < -0.39 is 0 Å². The van der Waals surface area contributed by atoms with E-state index in [4.69, 9.17) is 0 Å². The summed E-state index contributed by atoms with van der Waals surface area (Å²) < 4.78 is 2.83. The molecule has 22 heavy (non-hydrogen) atoms. The first kappa shape index (κ1) is 14.7.